The van der Waals surface area contributed by atoms with Crippen molar-refractivity contribution in [3.05, 3.63) is 42.5 Å². The lowest BCUT2D eigenvalue weighted by atomic mass is 9.96. The summed E-state index contributed by atoms with van der Waals surface area (Å²) in [7, 11) is 0. The first kappa shape index (κ1) is 15.5. The number of piperidine rings is 1. The van der Waals surface area contributed by atoms with Gasteiger partial charge in [0.1, 0.15) is 5.82 Å². The summed E-state index contributed by atoms with van der Waals surface area (Å²) in [6, 6.07) is 8.28. The summed E-state index contributed by atoms with van der Waals surface area (Å²) in [6.45, 7) is 4.24. The van der Waals surface area contributed by atoms with Gasteiger partial charge in [-0.1, -0.05) is 0 Å². The molecule has 0 saturated carbocycles. The molecule has 0 bridgehead atoms. The molecule has 2 saturated heterocycles. The van der Waals surface area contributed by atoms with E-state index in [0.29, 0.717) is 5.92 Å². The molecule has 3 aromatic rings. The molecule has 26 heavy (non-hydrogen) atoms. The van der Waals surface area contributed by atoms with E-state index in [9.17, 15) is 0 Å². The lowest BCUT2D eigenvalue weighted by Gasteiger charge is -2.32. The molecule has 0 aromatic carbocycles. The van der Waals surface area contributed by atoms with Crippen LogP contribution < -0.4 is 9.80 Å². The fourth-order valence-electron chi connectivity index (χ4n) is 4.12. The van der Waals surface area contributed by atoms with E-state index in [1.807, 2.05) is 23.0 Å². The van der Waals surface area contributed by atoms with Gasteiger partial charge in [-0.25, -0.2) is 0 Å². The van der Waals surface area contributed by atoms with E-state index in [2.05, 4.69) is 43.2 Å². The molecule has 0 amide bonds. The third kappa shape index (κ3) is 2.77. The number of aromatic nitrogens is 5. The first-order valence-electron chi connectivity index (χ1n) is 9.51. The van der Waals surface area contributed by atoms with Gasteiger partial charge < -0.3 is 9.80 Å². The maximum atomic E-state index is 4.87. The number of nitrogens with zero attached hydrogens (tertiary/aromatic N) is 7. The van der Waals surface area contributed by atoms with Crippen LogP contribution >= 0.6 is 0 Å². The highest BCUT2D eigenvalue weighted by Crippen LogP contribution is 2.29. The van der Waals surface area contributed by atoms with Crippen molar-refractivity contribution in [3.8, 4) is 0 Å². The Kier molecular flexibility index (Phi) is 3.92. The van der Waals surface area contributed by atoms with Gasteiger partial charge in [-0.05, 0) is 49.9 Å². The molecule has 5 heterocycles. The molecule has 7 nitrogen and oxygen atoms in total. The average molecular weight is 349 g/mol. The van der Waals surface area contributed by atoms with E-state index in [4.69, 9.17) is 5.10 Å². The summed E-state index contributed by atoms with van der Waals surface area (Å²) in [6.07, 6.45) is 8.36. The maximum absolute atomic E-state index is 4.87. The zero-order valence-corrected chi connectivity index (χ0v) is 14.8. The Labute approximate surface area is 152 Å². The molecule has 0 aliphatic carbocycles. The summed E-state index contributed by atoms with van der Waals surface area (Å²) in [5.41, 5.74) is 2.10. The number of pyridine rings is 1. The van der Waals surface area contributed by atoms with Crippen molar-refractivity contribution in [1.82, 2.24) is 24.8 Å². The lowest BCUT2D eigenvalue weighted by molar-refractivity contribution is 0.477. The Morgan fingerprint density at radius 3 is 2.35 bits per heavy atom. The van der Waals surface area contributed by atoms with Crippen LogP contribution in [0.3, 0.4) is 0 Å². The van der Waals surface area contributed by atoms with Crippen LogP contribution in [-0.2, 0) is 0 Å². The van der Waals surface area contributed by atoms with Crippen LogP contribution in [0, 0.1) is 0 Å². The number of fused-ring (bicyclic) bond motifs is 1. The van der Waals surface area contributed by atoms with Gasteiger partial charge in [0.05, 0.1) is 0 Å². The monoisotopic (exact) mass is 349 g/mol. The minimum Gasteiger partial charge on any atom is -0.371 e. The third-order valence-electron chi connectivity index (χ3n) is 5.59. The van der Waals surface area contributed by atoms with Gasteiger partial charge in [0, 0.05) is 50.2 Å². The molecular formula is C19H23N7. The molecule has 0 N–H and O–H groups in total. The number of hydrogen-bond acceptors (Lipinski definition) is 6. The highest BCUT2D eigenvalue weighted by Gasteiger charge is 2.26. The molecule has 3 aromatic heterocycles. The smallest absolute Gasteiger partial charge is 0.178 e. The number of anilines is 2. The van der Waals surface area contributed by atoms with Gasteiger partial charge in [0.25, 0.3) is 0 Å². The van der Waals surface area contributed by atoms with E-state index in [1.165, 1.54) is 18.5 Å². The zero-order valence-electron chi connectivity index (χ0n) is 14.8. The second-order valence-corrected chi connectivity index (χ2v) is 7.18. The van der Waals surface area contributed by atoms with Gasteiger partial charge >= 0.3 is 0 Å². The largest absolute Gasteiger partial charge is 0.371 e. The predicted octanol–water partition coefficient (Wildman–Crippen LogP) is 2.50. The van der Waals surface area contributed by atoms with Crippen LogP contribution in [0.4, 0.5) is 11.5 Å². The summed E-state index contributed by atoms with van der Waals surface area (Å²) in [5, 5.41) is 13.7. The predicted molar refractivity (Wildman–Crippen MR) is 101 cm³/mol. The van der Waals surface area contributed by atoms with Crippen molar-refractivity contribution in [2.45, 2.75) is 31.6 Å². The summed E-state index contributed by atoms with van der Waals surface area (Å²) in [5.74, 6) is 2.46. The normalized spacial score (nSPS) is 18.8. The van der Waals surface area contributed by atoms with Gasteiger partial charge in [0.2, 0.25) is 0 Å². The minimum atomic E-state index is 0.407. The third-order valence-corrected chi connectivity index (χ3v) is 5.59. The van der Waals surface area contributed by atoms with Crippen LogP contribution in [0.2, 0.25) is 0 Å². The van der Waals surface area contributed by atoms with E-state index in [0.717, 1.165) is 56.3 Å². The number of rotatable bonds is 3. The van der Waals surface area contributed by atoms with Crippen molar-refractivity contribution < 1.29 is 0 Å². The molecule has 134 valence electrons. The molecule has 7 heteroatoms. The quantitative estimate of drug-likeness (QED) is 0.724. The molecule has 0 spiro atoms. The van der Waals surface area contributed by atoms with E-state index in [1.54, 1.807) is 0 Å². The van der Waals surface area contributed by atoms with Crippen LogP contribution in [0.5, 0.6) is 0 Å². The van der Waals surface area contributed by atoms with Gasteiger partial charge in [-0.15, -0.1) is 15.3 Å². The second-order valence-electron chi connectivity index (χ2n) is 7.18. The standard InChI is InChI=1S/C19H23N7/c1-2-12-25(11-1)18-4-3-17-21-22-19(26(17)23-18)15-7-13-24(14-8-15)16-5-9-20-10-6-16/h3-6,9-10,15H,1-2,7-8,11-14H2. The zero-order chi connectivity index (χ0) is 17.3. The fourth-order valence-corrected chi connectivity index (χ4v) is 4.12. The number of hydrogen-bond donors (Lipinski definition) is 0. The van der Waals surface area contributed by atoms with Crippen molar-refractivity contribution in [1.29, 1.82) is 0 Å². The second kappa shape index (κ2) is 6.55. The first-order valence-corrected chi connectivity index (χ1v) is 9.51. The lowest BCUT2D eigenvalue weighted by Crippen LogP contribution is -2.33. The van der Waals surface area contributed by atoms with Crippen LogP contribution in [0.1, 0.15) is 37.4 Å². The molecular weight excluding hydrogens is 326 g/mol. The van der Waals surface area contributed by atoms with E-state index < -0.39 is 0 Å². The van der Waals surface area contributed by atoms with Crippen LogP contribution in [0.25, 0.3) is 5.65 Å². The highest BCUT2D eigenvalue weighted by molar-refractivity contribution is 5.47. The molecule has 2 aliphatic heterocycles. The van der Waals surface area contributed by atoms with E-state index >= 15 is 0 Å². The van der Waals surface area contributed by atoms with Gasteiger partial charge in [-0.3, -0.25) is 4.98 Å². The molecule has 0 radical (unpaired) electrons. The first-order chi connectivity index (χ1) is 12.9. The van der Waals surface area contributed by atoms with E-state index in [-0.39, 0.29) is 0 Å². The molecule has 5 rings (SSSR count). The summed E-state index contributed by atoms with van der Waals surface area (Å²) in [4.78, 5) is 8.89. The fraction of sp³-hybridized carbons (Fsp3) is 0.474. The van der Waals surface area contributed by atoms with Gasteiger partial charge in [0.15, 0.2) is 11.5 Å². The van der Waals surface area contributed by atoms with Crippen molar-refractivity contribution in [3.63, 3.8) is 0 Å². The Balaban J connectivity index is 1.37. The summed E-state index contributed by atoms with van der Waals surface area (Å²) < 4.78 is 1.97. The van der Waals surface area contributed by atoms with Crippen LogP contribution in [-0.4, -0.2) is 51.0 Å². The highest BCUT2D eigenvalue weighted by atomic mass is 15.4. The maximum Gasteiger partial charge on any atom is 0.178 e. The summed E-state index contributed by atoms with van der Waals surface area (Å²) >= 11 is 0. The minimum absolute atomic E-state index is 0.407. The van der Waals surface area contributed by atoms with Crippen molar-refractivity contribution in [2.24, 2.45) is 0 Å². The SMILES string of the molecule is c1cc(N2CCC(c3nnc4ccc(N5CCCC5)nn34)CC2)ccn1. The Morgan fingerprint density at radius 2 is 1.58 bits per heavy atom. The van der Waals surface area contributed by atoms with Crippen molar-refractivity contribution in [2.75, 3.05) is 36.0 Å². The molecule has 2 fully saturated rings. The molecule has 0 unspecified atom stereocenters. The van der Waals surface area contributed by atoms with Gasteiger partial charge in [-0.2, -0.15) is 4.52 Å². The average Bonchev–Trinajstić information content (AvgIpc) is 3.38. The molecule has 2 aliphatic rings. The Bertz CT molecular complexity index is 877. The van der Waals surface area contributed by atoms with Crippen molar-refractivity contribution >= 4 is 17.2 Å². The van der Waals surface area contributed by atoms with Crippen LogP contribution in [0.15, 0.2) is 36.7 Å². The molecule has 0 atom stereocenters. The topological polar surface area (TPSA) is 62.5 Å². The Hall–Kier alpha value is -2.70. The Morgan fingerprint density at radius 1 is 0.808 bits per heavy atom.